The molecule has 2 heterocycles. The second-order valence-electron chi connectivity index (χ2n) is 3.98. The van der Waals surface area contributed by atoms with Crippen LogP contribution in [0.25, 0.3) is 0 Å². The van der Waals surface area contributed by atoms with E-state index in [-0.39, 0.29) is 5.95 Å². The maximum absolute atomic E-state index is 11.5. The number of ether oxygens (including phenoxy) is 2. The number of hydrogen-bond donors (Lipinski definition) is 2. The number of esters is 1. The second kappa shape index (κ2) is 4.09. The molecule has 0 aliphatic carbocycles. The Morgan fingerprint density at radius 2 is 2.00 bits per heavy atom. The van der Waals surface area contributed by atoms with Gasteiger partial charge in [0.15, 0.2) is 0 Å². The lowest BCUT2D eigenvalue weighted by Crippen LogP contribution is -2.36. The van der Waals surface area contributed by atoms with Crippen molar-refractivity contribution in [2.24, 2.45) is 10.2 Å². The lowest BCUT2D eigenvalue weighted by atomic mass is 10.3. The number of aromatic nitrogens is 3. The normalized spacial score (nSPS) is 18.9. The van der Waals surface area contributed by atoms with Crippen molar-refractivity contribution in [3.05, 3.63) is 17.5 Å². The number of rotatable bonds is 2. The molecule has 0 amide bonds. The van der Waals surface area contributed by atoms with Crippen molar-refractivity contribution in [1.82, 2.24) is 15.2 Å². The molecule has 0 spiro atoms. The Morgan fingerprint density at radius 1 is 1.28 bits per heavy atom. The zero-order valence-corrected chi connectivity index (χ0v) is 9.96. The fraction of sp³-hybridized carbons (Fsp3) is 0.444. The predicted molar refractivity (Wildman–Crippen MR) is 56.5 cm³/mol. The molecule has 0 saturated carbocycles. The first kappa shape index (κ1) is 12.0. The summed E-state index contributed by atoms with van der Waals surface area (Å²) in [6.45, 7) is 4.65. The zero-order chi connectivity index (χ0) is 13.3. The summed E-state index contributed by atoms with van der Waals surface area (Å²) in [5, 5.41) is 23.9. The fourth-order valence-electron chi connectivity index (χ4n) is 1.22. The van der Waals surface area contributed by atoms with Gasteiger partial charge in [-0.2, -0.15) is 0 Å². The van der Waals surface area contributed by atoms with Crippen LogP contribution in [-0.4, -0.2) is 32.0 Å². The molecule has 0 atom stereocenters. The van der Waals surface area contributed by atoms with Crippen LogP contribution in [0.4, 0.5) is 5.95 Å². The molecule has 18 heavy (non-hydrogen) atoms. The third kappa shape index (κ3) is 2.44. The first-order chi connectivity index (χ1) is 8.37. The fourth-order valence-corrected chi connectivity index (χ4v) is 1.22. The number of carbonyl (C=O) groups excluding carboxylic acids is 1. The average Bonchev–Trinajstić information content (AvgIpc) is 2.61. The molecule has 1 aromatic rings. The molecule has 2 N–H and O–H groups in total. The Labute approximate surface area is 102 Å². The smallest absolute Gasteiger partial charge is 0.369 e. The minimum absolute atomic E-state index is 0.102. The van der Waals surface area contributed by atoms with Crippen molar-refractivity contribution in [1.29, 1.82) is 0 Å². The van der Waals surface area contributed by atoms with E-state index in [9.17, 15) is 9.90 Å². The number of aliphatic hydroxyl groups is 1. The van der Waals surface area contributed by atoms with Gasteiger partial charge in [0.2, 0.25) is 0 Å². The predicted octanol–water partition coefficient (Wildman–Crippen LogP) is 1.23. The summed E-state index contributed by atoms with van der Waals surface area (Å²) in [4.78, 5) is 14.2. The number of nitrogens with one attached hydrogen (secondary N) is 1. The van der Waals surface area contributed by atoms with E-state index in [1.165, 1.54) is 13.8 Å². The minimum Gasteiger partial charge on any atom is -0.479 e. The van der Waals surface area contributed by atoms with Gasteiger partial charge in [0.05, 0.1) is 0 Å². The summed E-state index contributed by atoms with van der Waals surface area (Å²) in [5.41, 5.74) is -0.427. The van der Waals surface area contributed by atoms with Crippen LogP contribution in [0.15, 0.2) is 21.9 Å². The maximum atomic E-state index is 11.5. The van der Waals surface area contributed by atoms with Crippen LogP contribution in [0.1, 0.15) is 19.7 Å². The first-order valence-corrected chi connectivity index (χ1v) is 5.04. The third-order valence-electron chi connectivity index (χ3n) is 1.91. The molecule has 1 aliphatic heterocycles. The molecule has 2 rings (SSSR count). The van der Waals surface area contributed by atoms with Crippen LogP contribution < -0.4 is 0 Å². The van der Waals surface area contributed by atoms with Gasteiger partial charge in [0.25, 0.3) is 17.4 Å². The summed E-state index contributed by atoms with van der Waals surface area (Å²) in [7, 11) is 0. The van der Waals surface area contributed by atoms with Gasteiger partial charge in [-0.25, -0.2) is 4.79 Å². The molecular formula is C9H11N5O4. The van der Waals surface area contributed by atoms with Crippen molar-refractivity contribution < 1.29 is 19.4 Å². The highest BCUT2D eigenvalue weighted by atomic mass is 16.8. The number of aromatic amines is 1. The Kier molecular flexibility index (Phi) is 2.73. The van der Waals surface area contributed by atoms with Crippen molar-refractivity contribution in [3.63, 3.8) is 0 Å². The Morgan fingerprint density at radius 3 is 2.56 bits per heavy atom. The van der Waals surface area contributed by atoms with Gasteiger partial charge in [-0.3, -0.25) is 0 Å². The number of aryl methyl sites for hydroxylation is 1. The highest BCUT2D eigenvalue weighted by Gasteiger charge is 2.36. The van der Waals surface area contributed by atoms with Crippen molar-refractivity contribution in [2.45, 2.75) is 26.6 Å². The molecular weight excluding hydrogens is 242 g/mol. The Bertz CT molecular complexity index is 545. The molecule has 0 saturated heterocycles. The maximum Gasteiger partial charge on any atom is 0.369 e. The van der Waals surface area contributed by atoms with Gasteiger partial charge < -0.3 is 19.6 Å². The molecule has 9 heteroatoms. The zero-order valence-electron chi connectivity index (χ0n) is 9.96. The SMILES string of the molecule is Cc1nnc(N=NC2=C(O)OC(C)(C)OC2=O)[nH]1. The quantitative estimate of drug-likeness (QED) is 0.603. The number of carbonyl (C=O) groups is 1. The lowest BCUT2D eigenvalue weighted by Gasteiger charge is -2.28. The summed E-state index contributed by atoms with van der Waals surface area (Å²) in [6, 6.07) is 0. The van der Waals surface area contributed by atoms with Gasteiger partial charge in [-0.15, -0.1) is 20.4 Å². The van der Waals surface area contributed by atoms with Crippen LogP contribution in [0.3, 0.4) is 0 Å². The van der Waals surface area contributed by atoms with Crippen LogP contribution >= 0.6 is 0 Å². The largest absolute Gasteiger partial charge is 0.479 e. The molecule has 9 nitrogen and oxygen atoms in total. The molecule has 0 radical (unpaired) electrons. The highest BCUT2D eigenvalue weighted by Crippen LogP contribution is 2.26. The van der Waals surface area contributed by atoms with Gasteiger partial charge in [0.1, 0.15) is 5.82 Å². The topological polar surface area (TPSA) is 122 Å². The van der Waals surface area contributed by atoms with Gasteiger partial charge >= 0.3 is 11.9 Å². The Balaban J connectivity index is 2.23. The van der Waals surface area contributed by atoms with Gasteiger partial charge in [-0.1, -0.05) is 0 Å². The summed E-state index contributed by atoms with van der Waals surface area (Å²) < 4.78 is 9.81. The van der Waals surface area contributed by atoms with E-state index in [4.69, 9.17) is 9.47 Å². The average molecular weight is 253 g/mol. The molecule has 0 aromatic carbocycles. The summed E-state index contributed by atoms with van der Waals surface area (Å²) in [5.74, 6) is -2.06. The van der Waals surface area contributed by atoms with Crippen LogP contribution in [0.2, 0.25) is 0 Å². The monoisotopic (exact) mass is 253 g/mol. The number of aliphatic hydroxyl groups excluding tert-OH is 1. The molecule has 1 aliphatic rings. The number of H-pyrrole nitrogens is 1. The number of azo groups is 1. The second-order valence-corrected chi connectivity index (χ2v) is 3.98. The van der Waals surface area contributed by atoms with E-state index in [2.05, 4.69) is 25.4 Å². The minimum atomic E-state index is -1.23. The van der Waals surface area contributed by atoms with Gasteiger partial charge in [-0.05, 0) is 6.92 Å². The van der Waals surface area contributed by atoms with E-state index >= 15 is 0 Å². The third-order valence-corrected chi connectivity index (χ3v) is 1.91. The van der Waals surface area contributed by atoms with Crippen molar-refractivity contribution in [3.8, 4) is 0 Å². The molecule has 0 fully saturated rings. The van der Waals surface area contributed by atoms with E-state index in [0.717, 1.165) is 0 Å². The Hall–Kier alpha value is -2.45. The summed E-state index contributed by atoms with van der Waals surface area (Å²) >= 11 is 0. The highest BCUT2D eigenvalue weighted by molar-refractivity contribution is 5.88. The number of nitrogens with zero attached hydrogens (tertiary/aromatic N) is 4. The van der Waals surface area contributed by atoms with Crippen molar-refractivity contribution >= 4 is 11.9 Å². The van der Waals surface area contributed by atoms with Gasteiger partial charge in [0, 0.05) is 13.8 Å². The van der Waals surface area contributed by atoms with E-state index in [1.54, 1.807) is 6.92 Å². The number of hydrogen-bond acceptors (Lipinski definition) is 8. The first-order valence-electron chi connectivity index (χ1n) is 5.04. The molecule has 0 bridgehead atoms. The molecule has 96 valence electrons. The summed E-state index contributed by atoms with van der Waals surface area (Å²) in [6.07, 6.45) is 0. The molecule has 0 unspecified atom stereocenters. The van der Waals surface area contributed by atoms with Crippen molar-refractivity contribution in [2.75, 3.05) is 0 Å². The van der Waals surface area contributed by atoms with Crippen LogP contribution in [0.5, 0.6) is 0 Å². The van der Waals surface area contributed by atoms with Crippen LogP contribution in [-0.2, 0) is 14.3 Å². The molecule has 1 aromatic heterocycles. The standard InChI is InChI=1S/C9H11N5O4/c1-4-10-8(13-11-4)14-12-5-6(15)17-9(2,3)18-7(5)16/h15H,1-3H3,(H,10,11,13). The van der Waals surface area contributed by atoms with E-state index in [0.29, 0.717) is 5.82 Å². The van der Waals surface area contributed by atoms with E-state index < -0.39 is 23.4 Å². The van der Waals surface area contributed by atoms with E-state index in [1.807, 2.05) is 0 Å². The number of cyclic esters (lactones) is 1. The lowest BCUT2D eigenvalue weighted by molar-refractivity contribution is -0.222. The van der Waals surface area contributed by atoms with Crippen LogP contribution in [0, 0.1) is 6.92 Å².